The molecule has 1 aliphatic heterocycles. The minimum absolute atomic E-state index is 0.0186. The molecule has 0 saturated carbocycles. The second-order valence-electron chi connectivity index (χ2n) is 11.7. The molecule has 2 aromatic rings. The summed E-state index contributed by atoms with van der Waals surface area (Å²) in [5, 5.41) is 2.26. The summed E-state index contributed by atoms with van der Waals surface area (Å²) in [6.07, 6.45) is 2.25. The molecule has 36 heavy (non-hydrogen) atoms. The summed E-state index contributed by atoms with van der Waals surface area (Å²) in [7, 11) is -2.74. The Hall–Kier alpha value is -2.70. The van der Waals surface area contributed by atoms with Crippen LogP contribution in [-0.4, -0.2) is 44.0 Å². The van der Waals surface area contributed by atoms with E-state index in [1.165, 1.54) is 15.3 Å². The number of imide groups is 1. The number of likely N-dealkylation sites (tertiary alicyclic amines) is 1. The Morgan fingerprint density at radius 1 is 0.972 bits per heavy atom. The molecule has 0 bridgehead atoms. The van der Waals surface area contributed by atoms with Gasteiger partial charge in [0.25, 0.3) is 8.32 Å². The molecule has 2 amide bonds. The van der Waals surface area contributed by atoms with Gasteiger partial charge in [-0.1, -0.05) is 87.5 Å². The molecule has 1 saturated heterocycles. The quantitative estimate of drug-likeness (QED) is 0.365. The lowest BCUT2D eigenvalue weighted by Crippen LogP contribution is -2.67. The van der Waals surface area contributed by atoms with Crippen LogP contribution in [0.15, 0.2) is 73.3 Å². The number of piperidine rings is 1. The molecule has 6 heteroatoms. The molecule has 0 aliphatic carbocycles. The molecular formula is C30H41NO4Si. The van der Waals surface area contributed by atoms with Gasteiger partial charge >= 0.3 is 6.09 Å². The Balaban J connectivity index is 1.98. The van der Waals surface area contributed by atoms with Crippen LogP contribution in [0, 0.1) is 11.8 Å². The number of hydrogen-bond acceptors (Lipinski definition) is 4. The van der Waals surface area contributed by atoms with E-state index in [9.17, 15) is 9.59 Å². The molecule has 1 fully saturated rings. The maximum absolute atomic E-state index is 12.9. The third-order valence-corrected chi connectivity index (χ3v) is 11.8. The smallest absolute Gasteiger partial charge is 0.417 e. The number of nitrogens with zero attached hydrogens (tertiary/aromatic N) is 1. The van der Waals surface area contributed by atoms with Gasteiger partial charge in [0, 0.05) is 25.5 Å². The number of carbonyl (C=O) groups is 2. The first-order valence-corrected chi connectivity index (χ1v) is 14.7. The number of rotatable bonds is 7. The maximum Gasteiger partial charge on any atom is 0.417 e. The predicted molar refractivity (Wildman–Crippen MR) is 148 cm³/mol. The first-order valence-electron chi connectivity index (χ1n) is 12.8. The molecule has 0 spiro atoms. The van der Waals surface area contributed by atoms with Gasteiger partial charge in [0.15, 0.2) is 0 Å². The highest BCUT2D eigenvalue weighted by Gasteiger charge is 2.51. The van der Waals surface area contributed by atoms with Crippen LogP contribution in [0.4, 0.5) is 4.79 Å². The van der Waals surface area contributed by atoms with Crippen molar-refractivity contribution in [2.24, 2.45) is 11.8 Å². The Morgan fingerprint density at radius 2 is 1.50 bits per heavy atom. The minimum Gasteiger partial charge on any atom is -0.443 e. The lowest BCUT2D eigenvalue weighted by Gasteiger charge is -2.45. The van der Waals surface area contributed by atoms with Crippen LogP contribution < -0.4 is 10.4 Å². The molecule has 194 valence electrons. The second-order valence-corrected chi connectivity index (χ2v) is 16.0. The van der Waals surface area contributed by atoms with Crippen molar-refractivity contribution in [3.05, 3.63) is 73.3 Å². The molecule has 0 radical (unpaired) electrons. The summed E-state index contributed by atoms with van der Waals surface area (Å²) in [4.78, 5) is 27.1. The van der Waals surface area contributed by atoms with Crippen LogP contribution in [0.2, 0.25) is 5.04 Å². The molecule has 5 nitrogen and oxygen atoms in total. The van der Waals surface area contributed by atoms with Gasteiger partial charge in [-0.25, -0.2) is 9.69 Å². The fourth-order valence-corrected chi connectivity index (χ4v) is 9.77. The molecule has 1 aliphatic rings. The summed E-state index contributed by atoms with van der Waals surface area (Å²) in [6.45, 7) is 16.8. The molecule has 1 heterocycles. The van der Waals surface area contributed by atoms with E-state index in [-0.39, 0.29) is 35.7 Å². The molecular weight excluding hydrogens is 466 g/mol. The van der Waals surface area contributed by atoms with Crippen LogP contribution in [0.5, 0.6) is 0 Å². The highest BCUT2D eigenvalue weighted by molar-refractivity contribution is 6.99. The van der Waals surface area contributed by atoms with Gasteiger partial charge in [0.2, 0.25) is 5.91 Å². The maximum atomic E-state index is 12.9. The van der Waals surface area contributed by atoms with Crippen molar-refractivity contribution in [1.82, 2.24) is 4.90 Å². The fraction of sp³-hybridized carbons (Fsp3) is 0.467. The van der Waals surface area contributed by atoms with E-state index in [2.05, 4.69) is 75.9 Å². The number of ether oxygens (including phenoxy) is 1. The van der Waals surface area contributed by atoms with E-state index in [1.54, 1.807) is 0 Å². The summed E-state index contributed by atoms with van der Waals surface area (Å²) < 4.78 is 12.7. The van der Waals surface area contributed by atoms with Gasteiger partial charge in [-0.05, 0) is 48.5 Å². The van der Waals surface area contributed by atoms with Crippen molar-refractivity contribution in [3.8, 4) is 0 Å². The lowest BCUT2D eigenvalue weighted by molar-refractivity contribution is -0.136. The van der Waals surface area contributed by atoms with Crippen molar-refractivity contribution < 1.29 is 18.8 Å². The van der Waals surface area contributed by atoms with Crippen LogP contribution >= 0.6 is 0 Å². The lowest BCUT2D eigenvalue weighted by atomic mass is 9.83. The van der Waals surface area contributed by atoms with Crippen molar-refractivity contribution in [2.45, 2.75) is 65.0 Å². The highest BCUT2D eigenvalue weighted by atomic mass is 28.4. The van der Waals surface area contributed by atoms with E-state index >= 15 is 0 Å². The molecule has 0 N–H and O–H groups in total. The van der Waals surface area contributed by atoms with E-state index < -0.39 is 20.0 Å². The molecule has 3 rings (SSSR count). The molecule has 2 atom stereocenters. The van der Waals surface area contributed by atoms with Crippen molar-refractivity contribution in [2.75, 3.05) is 13.2 Å². The molecule has 2 aromatic carbocycles. The van der Waals surface area contributed by atoms with E-state index in [4.69, 9.17) is 9.16 Å². The number of allylic oxidation sites excluding steroid dienone is 1. The average molecular weight is 508 g/mol. The minimum atomic E-state index is -2.74. The van der Waals surface area contributed by atoms with Crippen LogP contribution in [0.3, 0.4) is 0 Å². The Morgan fingerprint density at radius 3 is 1.94 bits per heavy atom. The first kappa shape index (κ1) is 27.9. The molecule has 0 aromatic heterocycles. The summed E-state index contributed by atoms with van der Waals surface area (Å²) in [6, 6.07) is 21.0. The summed E-state index contributed by atoms with van der Waals surface area (Å²) in [5.74, 6) is -0.153. The van der Waals surface area contributed by atoms with Crippen LogP contribution in [0.1, 0.15) is 54.4 Å². The van der Waals surface area contributed by atoms with Crippen molar-refractivity contribution >= 4 is 30.7 Å². The van der Waals surface area contributed by atoms with E-state index in [0.717, 1.165) is 0 Å². The van der Waals surface area contributed by atoms with Gasteiger partial charge < -0.3 is 9.16 Å². The fourth-order valence-electron chi connectivity index (χ4n) is 5.15. The van der Waals surface area contributed by atoms with Gasteiger partial charge in [-0.3, -0.25) is 4.79 Å². The van der Waals surface area contributed by atoms with E-state index in [1.807, 2.05) is 39.0 Å². The largest absolute Gasteiger partial charge is 0.443 e. The van der Waals surface area contributed by atoms with E-state index in [0.29, 0.717) is 13.0 Å². The standard InChI is InChI=1S/C30H41NO4Si/c1-8-15-23-20-27(32)31(28(33)35-29(2,3)4)21-24(23)22-34-36(30(5,6)7,25-16-11-9-12-17-25)26-18-13-10-14-19-26/h8-14,16-19,23-24H,1,15,20-22H2,2-7H3/t23-,24+/m0/s1. The zero-order valence-corrected chi connectivity index (χ0v) is 23.6. The number of carbonyl (C=O) groups excluding carboxylic acids is 2. The number of benzene rings is 2. The van der Waals surface area contributed by atoms with Gasteiger partial charge in [0.05, 0.1) is 0 Å². The third-order valence-electron chi connectivity index (χ3n) is 6.84. The Kier molecular flexibility index (Phi) is 8.62. The normalized spacial score (nSPS) is 19.2. The van der Waals surface area contributed by atoms with Gasteiger partial charge in [-0.2, -0.15) is 0 Å². The molecule has 0 unspecified atom stereocenters. The van der Waals surface area contributed by atoms with Crippen molar-refractivity contribution in [1.29, 1.82) is 0 Å². The zero-order chi connectivity index (χ0) is 26.6. The SMILES string of the molecule is C=CC[C@H]1CC(=O)N(C(=O)OC(C)(C)C)C[C@@H]1CO[Si](c1ccccc1)(c1ccccc1)C(C)(C)C. The third kappa shape index (κ3) is 6.16. The summed E-state index contributed by atoms with van der Waals surface area (Å²) >= 11 is 0. The average Bonchev–Trinajstić information content (AvgIpc) is 2.80. The van der Waals surface area contributed by atoms with Gasteiger partial charge in [-0.15, -0.1) is 6.58 Å². The predicted octanol–water partition coefficient (Wildman–Crippen LogP) is 5.54. The second kappa shape index (κ2) is 11.1. The number of hydrogen-bond donors (Lipinski definition) is 0. The topological polar surface area (TPSA) is 55.8 Å². The Bertz CT molecular complexity index is 1000. The van der Waals surface area contributed by atoms with Gasteiger partial charge in [0.1, 0.15) is 5.60 Å². The Labute approximate surface area is 217 Å². The first-order chi connectivity index (χ1) is 16.9. The van der Waals surface area contributed by atoms with Crippen LogP contribution in [-0.2, 0) is 14.0 Å². The zero-order valence-electron chi connectivity index (χ0n) is 22.6. The van der Waals surface area contributed by atoms with Crippen molar-refractivity contribution in [3.63, 3.8) is 0 Å². The van der Waals surface area contributed by atoms with Crippen LogP contribution in [0.25, 0.3) is 0 Å². The number of amides is 2. The monoisotopic (exact) mass is 507 g/mol. The highest BCUT2D eigenvalue weighted by Crippen LogP contribution is 2.38. The summed E-state index contributed by atoms with van der Waals surface area (Å²) in [5.41, 5.74) is -0.670.